The van der Waals surface area contributed by atoms with Crippen LogP contribution in [0.15, 0.2) is 36.4 Å². The minimum atomic E-state index is -0.352. The van der Waals surface area contributed by atoms with Gasteiger partial charge < -0.3 is 14.8 Å². The quantitative estimate of drug-likeness (QED) is 0.870. The first-order chi connectivity index (χ1) is 10.0. The lowest BCUT2D eigenvalue weighted by Gasteiger charge is -2.19. The maximum Gasteiger partial charge on any atom is 0.142 e. The third kappa shape index (κ3) is 3.58. The highest BCUT2D eigenvalue weighted by atomic mass is 35.5. The fraction of sp³-hybridized carbons (Fsp3) is 0.250. The number of anilines is 1. The zero-order valence-corrected chi connectivity index (χ0v) is 12.9. The van der Waals surface area contributed by atoms with Gasteiger partial charge in [0.05, 0.1) is 25.9 Å². The molecule has 2 aromatic rings. The smallest absolute Gasteiger partial charge is 0.142 e. The normalized spacial score (nSPS) is 11.9. The highest BCUT2D eigenvalue weighted by molar-refractivity contribution is 6.31. The Balaban J connectivity index is 2.28. The predicted molar refractivity (Wildman–Crippen MR) is 83.0 cm³/mol. The Morgan fingerprint density at radius 2 is 1.86 bits per heavy atom. The summed E-state index contributed by atoms with van der Waals surface area (Å²) in [6.45, 7) is 1.94. The Kier molecular flexibility index (Phi) is 4.91. The fourth-order valence-corrected chi connectivity index (χ4v) is 2.42. The summed E-state index contributed by atoms with van der Waals surface area (Å²) in [5.41, 5.74) is 1.59. The van der Waals surface area contributed by atoms with E-state index in [1.165, 1.54) is 12.1 Å². The van der Waals surface area contributed by atoms with Crippen molar-refractivity contribution < 1.29 is 13.9 Å². The zero-order chi connectivity index (χ0) is 15.4. The van der Waals surface area contributed by atoms with Crippen molar-refractivity contribution in [2.45, 2.75) is 13.0 Å². The van der Waals surface area contributed by atoms with Gasteiger partial charge in [0.15, 0.2) is 0 Å². The van der Waals surface area contributed by atoms with E-state index >= 15 is 0 Å². The molecule has 0 amide bonds. The van der Waals surface area contributed by atoms with Gasteiger partial charge in [-0.1, -0.05) is 17.7 Å². The largest absolute Gasteiger partial charge is 0.497 e. The summed E-state index contributed by atoms with van der Waals surface area (Å²) in [5, 5.41) is 3.69. The maximum absolute atomic E-state index is 13.1. The lowest BCUT2D eigenvalue weighted by Crippen LogP contribution is -2.08. The summed E-state index contributed by atoms with van der Waals surface area (Å²) in [4.78, 5) is 0. The van der Waals surface area contributed by atoms with Crippen LogP contribution in [0, 0.1) is 5.82 Å². The lowest BCUT2D eigenvalue weighted by molar-refractivity contribution is 0.404. The molecule has 21 heavy (non-hydrogen) atoms. The molecule has 0 aliphatic heterocycles. The minimum absolute atomic E-state index is 0.112. The first kappa shape index (κ1) is 15.4. The van der Waals surface area contributed by atoms with E-state index in [9.17, 15) is 4.39 Å². The van der Waals surface area contributed by atoms with Crippen LogP contribution in [0.4, 0.5) is 10.1 Å². The highest BCUT2D eigenvalue weighted by Crippen LogP contribution is 2.33. The minimum Gasteiger partial charge on any atom is -0.497 e. The summed E-state index contributed by atoms with van der Waals surface area (Å²) < 4.78 is 23.6. The molecule has 0 aliphatic carbocycles. The molecule has 2 rings (SSSR count). The molecule has 0 bridgehead atoms. The molecule has 3 nitrogen and oxygen atoms in total. The van der Waals surface area contributed by atoms with Crippen LogP contribution in [0.3, 0.4) is 0 Å². The third-order valence-electron chi connectivity index (χ3n) is 3.21. The van der Waals surface area contributed by atoms with Gasteiger partial charge in [-0.25, -0.2) is 4.39 Å². The average molecular weight is 310 g/mol. The van der Waals surface area contributed by atoms with Gasteiger partial charge in [0.25, 0.3) is 0 Å². The monoisotopic (exact) mass is 309 g/mol. The van der Waals surface area contributed by atoms with E-state index in [-0.39, 0.29) is 11.9 Å². The van der Waals surface area contributed by atoms with E-state index in [1.807, 2.05) is 25.1 Å². The van der Waals surface area contributed by atoms with Crippen LogP contribution in [0.5, 0.6) is 11.5 Å². The lowest BCUT2D eigenvalue weighted by atomic mass is 10.1. The molecule has 2 aromatic carbocycles. The van der Waals surface area contributed by atoms with Crippen LogP contribution in [0.1, 0.15) is 18.5 Å². The molecular formula is C16H17ClFNO2. The summed E-state index contributed by atoms with van der Waals surface area (Å²) >= 11 is 6.09. The Labute approximate surface area is 128 Å². The molecule has 0 heterocycles. The van der Waals surface area contributed by atoms with Gasteiger partial charge in [-0.15, -0.1) is 0 Å². The maximum atomic E-state index is 13.1. The molecule has 0 aromatic heterocycles. The van der Waals surface area contributed by atoms with Crippen LogP contribution in [0.2, 0.25) is 5.02 Å². The molecule has 5 heteroatoms. The standard InChI is InChI=1S/C16H17ClFNO2/c1-10(13-6-4-11(18)8-14(13)17)19-15-9-12(20-2)5-7-16(15)21-3/h4-10,19H,1-3H3. The molecule has 0 radical (unpaired) electrons. The first-order valence-electron chi connectivity index (χ1n) is 6.48. The van der Waals surface area contributed by atoms with Crippen molar-refractivity contribution in [2.75, 3.05) is 19.5 Å². The summed E-state index contributed by atoms with van der Waals surface area (Å²) in [7, 11) is 3.20. The number of hydrogen-bond donors (Lipinski definition) is 1. The van der Waals surface area contributed by atoms with Gasteiger partial charge in [0.2, 0.25) is 0 Å². The average Bonchev–Trinajstić information content (AvgIpc) is 2.46. The van der Waals surface area contributed by atoms with Gasteiger partial charge >= 0.3 is 0 Å². The summed E-state index contributed by atoms with van der Waals surface area (Å²) in [6.07, 6.45) is 0. The van der Waals surface area contributed by atoms with Crippen molar-refractivity contribution >= 4 is 17.3 Å². The van der Waals surface area contributed by atoms with Crippen molar-refractivity contribution in [3.8, 4) is 11.5 Å². The Hall–Kier alpha value is -1.94. The van der Waals surface area contributed by atoms with Gasteiger partial charge in [0.1, 0.15) is 17.3 Å². The molecule has 0 saturated carbocycles. The number of halogens is 2. The van der Waals surface area contributed by atoms with E-state index in [2.05, 4.69) is 5.32 Å². The van der Waals surface area contributed by atoms with Crippen LogP contribution in [-0.4, -0.2) is 14.2 Å². The van der Waals surface area contributed by atoms with Crippen molar-refractivity contribution in [3.05, 3.63) is 52.8 Å². The Morgan fingerprint density at radius 3 is 2.48 bits per heavy atom. The summed E-state index contributed by atoms with van der Waals surface area (Å²) in [5.74, 6) is 1.06. The highest BCUT2D eigenvalue weighted by Gasteiger charge is 2.13. The zero-order valence-electron chi connectivity index (χ0n) is 12.1. The second-order valence-electron chi connectivity index (χ2n) is 4.60. The number of methoxy groups -OCH3 is 2. The van der Waals surface area contributed by atoms with Crippen LogP contribution < -0.4 is 14.8 Å². The van der Waals surface area contributed by atoms with E-state index < -0.39 is 0 Å². The van der Waals surface area contributed by atoms with Crippen molar-refractivity contribution in [3.63, 3.8) is 0 Å². The topological polar surface area (TPSA) is 30.5 Å². The first-order valence-corrected chi connectivity index (χ1v) is 6.86. The number of benzene rings is 2. The molecule has 0 spiro atoms. The fourth-order valence-electron chi connectivity index (χ4n) is 2.09. The number of rotatable bonds is 5. The van der Waals surface area contributed by atoms with Crippen LogP contribution in [0.25, 0.3) is 0 Å². The van der Waals surface area contributed by atoms with E-state index in [0.29, 0.717) is 10.8 Å². The molecule has 1 unspecified atom stereocenters. The van der Waals surface area contributed by atoms with Crippen molar-refractivity contribution in [2.24, 2.45) is 0 Å². The van der Waals surface area contributed by atoms with E-state index in [1.54, 1.807) is 20.3 Å². The second-order valence-corrected chi connectivity index (χ2v) is 5.01. The number of nitrogens with one attached hydrogen (secondary N) is 1. The number of hydrogen-bond acceptors (Lipinski definition) is 3. The molecule has 112 valence electrons. The van der Waals surface area contributed by atoms with E-state index in [4.69, 9.17) is 21.1 Å². The van der Waals surface area contributed by atoms with Crippen LogP contribution >= 0.6 is 11.6 Å². The molecule has 1 N–H and O–H groups in total. The molecule has 1 atom stereocenters. The number of ether oxygens (including phenoxy) is 2. The van der Waals surface area contributed by atoms with E-state index in [0.717, 1.165) is 17.0 Å². The van der Waals surface area contributed by atoms with Gasteiger partial charge in [-0.3, -0.25) is 0 Å². The third-order valence-corrected chi connectivity index (χ3v) is 3.53. The van der Waals surface area contributed by atoms with Crippen molar-refractivity contribution in [1.29, 1.82) is 0 Å². The Morgan fingerprint density at radius 1 is 1.10 bits per heavy atom. The SMILES string of the molecule is COc1ccc(OC)c(NC(C)c2ccc(F)cc2Cl)c1. The molecule has 0 saturated heterocycles. The molecule has 0 fully saturated rings. The van der Waals surface area contributed by atoms with Gasteiger partial charge in [-0.2, -0.15) is 0 Å². The van der Waals surface area contributed by atoms with Gasteiger partial charge in [0, 0.05) is 11.1 Å². The Bertz CT molecular complexity index is 634. The second kappa shape index (κ2) is 6.68. The molecular weight excluding hydrogens is 293 g/mol. The van der Waals surface area contributed by atoms with Crippen molar-refractivity contribution in [1.82, 2.24) is 0 Å². The van der Waals surface area contributed by atoms with Gasteiger partial charge in [-0.05, 0) is 36.8 Å². The van der Waals surface area contributed by atoms with Crippen LogP contribution in [-0.2, 0) is 0 Å². The predicted octanol–water partition coefficient (Wildman–Crippen LogP) is 4.67. The summed E-state index contributed by atoms with van der Waals surface area (Å²) in [6, 6.07) is 9.73. The molecule has 0 aliphatic rings.